The Bertz CT molecular complexity index is 1470. The Labute approximate surface area is 226 Å². The fourth-order valence-electron chi connectivity index (χ4n) is 4.52. The molecule has 3 N–H and O–H groups in total. The van der Waals surface area contributed by atoms with Gasteiger partial charge in [0, 0.05) is 43.0 Å². The van der Waals surface area contributed by atoms with E-state index in [1.165, 1.54) is 16.8 Å². The standard InChI is InChI=1S/C25H29ClN8O3S/c1-38(36,37)33-8-4-20(5-9-33)31-24-28-13-18(11-27)23(32-24)19-14-30-34(15-19)22-3-2-17(10-21(22)26)12-29-25(16-35)6-7-25/h2-3,10,13-15,20,29,35H,4-9,12,16H2,1H3,(H,28,31,32). The lowest BCUT2D eigenvalue weighted by molar-refractivity contribution is 0.229. The van der Waals surface area contributed by atoms with Gasteiger partial charge in [-0.25, -0.2) is 27.4 Å². The van der Waals surface area contributed by atoms with Gasteiger partial charge >= 0.3 is 0 Å². The molecule has 5 rings (SSSR count). The second-order valence-corrected chi connectivity index (χ2v) is 12.3. The number of aliphatic hydroxyl groups is 1. The molecule has 200 valence electrons. The smallest absolute Gasteiger partial charge is 0.223 e. The quantitative estimate of drug-likeness (QED) is 0.361. The van der Waals surface area contributed by atoms with Crippen molar-refractivity contribution in [1.29, 1.82) is 5.26 Å². The Balaban J connectivity index is 1.30. The van der Waals surface area contributed by atoms with Gasteiger partial charge in [0.15, 0.2) is 0 Å². The van der Waals surface area contributed by atoms with Gasteiger partial charge in [0.05, 0.1) is 47.2 Å². The van der Waals surface area contributed by atoms with Gasteiger partial charge in [0.1, 0.15) is 6.07 Å². The second-order valence-electron chi connectivity index (χ2n) is 9.90. The van der Waals surface area contributed by atoms with Crippen LogP contribution in [0.25, 0.3) is 16.9 Å². The highest BCUT2D eigenvalue weighted by atomic mass is 35.5. The lowest BCUT2D eigenvalue weighted by Gasteiger charge is -2.30. The molecule has 0 amide bonds. The molecule has 1 saturated carbocycles. The van der Waals surface area contributed by atoms with Gasteiger partial charge in [-0.3, -0.25) is 0 Å². The molecule has 38 heavy (non-hydrogen) atoms. The van der Waals surface area contributed by atoms with Gasteiger partial charge in [-0.05, 0) is 43.4 Å². The maximum Gasteiger partial charge on any atom is 0.223 e. The minimum Gasteiger partial charge on any atom is -0.394 e. The summed E-state index contributed by atoms with van der Waals surface area (Å²) < 4.78 is 26.6. The van der Waals surface area contributed by atoms with Gasteiger partial charge in [0.25, 0.3) is 0 Å². The Hall–Kier alpha value is -3.08. The van der Waals surface area contributed by atoms with E-state index in [9.17, 15) is 18.8 Å². The molecule has 0 radical (unpaired) electrons. The topological polar surface area (TPSA) is 149 Å². The lowest BCUT2D eigenvalue weighted by atomic mass is 10.1. The first-order valence-corrected chi connectivity index (χ1v) is 14.6. The summed E-state index contributed by atoms with van der Waals surface area (Å²) >= 11 is 6.58. The number of aromatic nitrogens is 4. The van der Waals surface area contributed by atoms with Crippen molar-refractivity contribution in [1.82, 2.24) is 29.4 Å². The first-order chi connectivity index (χ1) is 18.2. The van der Waals surface area contributed by atoms with Crippen LogP contribution in [0.3, 0.4) is 0 Å². The number of aliphatic hydroxyl groups excluding tert-OH is 1. The molecule has 1 aliphatic carbocycles. The molecule has 0 atom stereocenters. The Morgan fingerprint density at radius 1 is 1.26 bits per heavy atom. The molecule has 11 nitrogen and oxygen atoms in total. The van der Waals surface area contributed by atoms with E-state index < -0.39 is 10.0 Å². The fraction of sp³-hybridized carbons (Fsp3) is 0.440. The van der Waals surface area contributed by atoms with Gasteiger partial charge in [-0.1, -0.05) is 17.7 Å². The largest absolute Gasteiger partial charge is 0.394 e. The minimum atomic E-state index is -3.20. The molecular formula is C25H29ClN8O3S. The van der Waals surface area contributed by atoms with Crippen molar-refractivity contribution < 1.29 is 13.5 Å². The van der Waals surface area contributed by atoms with Crippen LogP contribution >= 0.6 is 11.6 Å². The van der Waals surface area contributed by atoms with Crippen molar-refractivity contribution in [3.05, 3.63) is 52.9 Å². The molecule has 0 spiro atoms. The number of nitrogens with one attached hydrogen (secondary N) is 2. The predicted molar refractivity (Wildman–Crippen MR) is 143 cm³/mol. The normalized spacial score (nSPS) is 17.7. The minimum absolute atomic E-state index is 0.0236. The molecule has 2 aliphatic rings. The molecule has 1 saturated heterocycles. The van der Waals surface area contributed by atoms with Crippen molar-refractivity contribution in [2.75, 3.05) is 31.3 Å². The third-order valence-electron chi connectivity index (χ3n) is 7.10. The maximum atomic E-state index is 11.8. The number of piperidine rings is 1. The average Bonchev–Trinajstić information content (AvgIpc) is 3.53. The third-order valence-corrected chi connectivity index (χ3v) is 8.71. The van der Waals surface area contributed by atoms with Crippen molar-refractivity contribution in [2.24, 2.45) is 0 Å². The van der Waals surface area contributed by atoms with Crippen LogP contribution in [-0.2, 0) is 16.6 Å². The van der Waals surface area contributed by atoms with Crippen LogP contribution in [-0.4, -0.2) is 75.1 Å². The van der Waals surface area contributed by atoms with Gasteiger partial charge in [-0.2, -0.15) is 10.4 Å². The van der Waals surface area contributed by atoms with Crippen LogP contribution in [0, 0.1) is 11.3 Å². The fourth-order valence-corrected chi connectivity index (χ4v) is 5.69. The van der Waals surface area contributed by atoms with Crippen LogP contribution in [0.15, 0.2) is 36.8 Å². The van der Waals surface area contributed by atoms with E-state index in [0.29, 0.717) is 66.0 Å². The third kappa shape index (κ3) is 5.82. The highest BCUT2D eigenvalue weighted by molar-refractivity contribution is 7.88. The molecule has 1 aliphatic heterocycles. The summed E-state index contributed by atoms with van der Waals surface area (Å²) in [4.78, 5) is 8.87. The zero-order valence-electron chi connectivity index (χ0n) is 20.9. The summed E-state index contributed by atoms with van der Waals surface area (Å²) in [6, 6.07) is 7.89. The number of benzene rings is 1. The molecular weight excluding hydrogens is 528 g/mol. The lowest BCUT2D eigenvalue weighted by Crippen LogP contribution is -2.42. The summed E-state index contributed by atoms with van der Waals surface area (Å²) in [7, 11) is -3.20. The molecule has 3 aromatic rings. The van der Waals surface area contributed by atoms with E-state index in [1.807, 2.05) is 18.2 Å². The Morgan fingerprint density at radius 2 is 2.03 bits per heavy atom. The summed E-state index contributed by atoms with van der Waals surface area (Å²) in [5.41, 5.74) is 2.94. The van der Waals surface area contributed by atoms with E-state index >= 15 is 0 Å². The number of sulfonamides is 1. The van der Waals surface area contributed by atoms with E-state index in [4.69, 9.17) is 11.6 Å². The average molecular weight is 557 g/mol. The number of rotatable bonds is 9. The first kappa shape index (κ1) is 26.5. The predicted octanol–water partition coefficient (Wildman–Crippen LogP) is 2.30. The van der Waals surface area contributed by atoms with Crippen molar-refractivity contribution in [3.63, 3.8) is 0 Å². The highest BCUT2D eigenvalue weighted by Gasteiger charge is 2.41. The summed E-state index contributed by atoms with van der Waals surface area (Å²) in [6.45, 7) is 1.61. The molecule has 0 unspecified atom stereocenters. The molecule has 13 heteroatoms. The number of hydrogen-bond donors (Lipinski definition) is 3. The van der Waals surface area contributed by atoms with Crippen LogP contribution < -0.4 is 10.6 Å². The molecule has 2 aromatic heterocycles. The monoisotopic (exact) mass is 556 g/mol. The van der Waals surface area contributed by atoms with Gasteiger partial charge < -0.3 is 15.7 Å². The maximum absolute atomic E-state index is 11.8. The summed E-state index contributed by atoms with van der Waals surface area (Å²) in [5.74, 6) is 0.371. The van der Waals surface area contributed by atoms with Crippen LogP contribution in [0.4, 0.5) is 5.95 Å². The van der Waals surface area contributed by atoms with E-state index in [0.717, 1.165) is 18.4 Å². The SMILES string of the molecule is CS(=O)(=O)N1CCC(Nc2ncc(C#N)c(-c3cnn(-c4ccc(CNC5(CO)CC5)cc4Cl)c3)n2)CC1. The highest BCUT2D eigenvalue weighted by Crippen LogP contribution is 2.35. The van der Waals surface area contributed by atoms with Gasteiger partial charge in [-0.15, -0.1) is 0 Å². The number of nitrogens with zero attached hydrogens (tertiary/aromatic N) is 6. The Kier molecular flexibility index (Phi) is 7.39. The van der Waals surface area contributed by atoms with Crippen LogP contribution in [0.2, 0.25) is 5.02 Å². The molecule has 0 bridgehead atoms. The molecule has 1 aromatic carbocycles. The zero-order chi connectivity index (χ0) is 26.9. The van der Waals surface area contributed by atoms with E-state index in [-0.39, 0.29) is 18.2 Å². The number of hydrogen-bond acceptors (Lipinski definition) is 9. The second kappa shape index (κ2) is 10.6. The van der Waals surface area contributed by atoms with E-state index in [2.05, 4.69) is 31.8 Å². The van der Waals surface area contributed by atoms with E-state index in [1.54, 1.807) is 17.1 Å². The summed E-state index contributed by atoms with van der Waals surface area (Å²) in [5, 5.41) is 30.8. The first-order valence-electron chi connectivity index (χ1n) is 12.4. The van der Waals surface area contributed by atoms with Crippen LogP contribution in [0.5, 0.6) is 0 Å². The van der Waals surface area contributed by atoms with Crippen molar-refractivity contribution in [2.45, 2.75) is 43.8 Å². The summed E-state index contributed by atoms with van der Waals surface area (Å²) in [6.07, 6.45) is 9.29. The number of nitriles is 1. The molecule has 2 fully saturated rings. The number of anilines is 1. The Morgan fingerprint density at radius 3 is 2.66 bits per heavy atom. The zero-order valence-corrected chi connectivity index (χ0v) is 22.5. The van der Waals surface area contributed by atoms with Gasteiger partial charge in [0.2, 0.25) is 16.0 Å². The number of halogens is 1. The van der Waals surface area contributed by atoms with Crippen molar-refractivity contribution >= 4 is 27.6 Å². The van der Waals surface area contributed by atoms with Crippen molar-refractivity contribution in [3.8, 4) is 23.0 Å². The van der Waals surface area contributed by atoms with Crippen LogP contribution in [0.1, 0.15) is 36.8 Å². The molecule has 3 heterocycles.